The van der Waals surface area contributed by atoms with E-state index in [1.807, 2.05) is 18.9 Å². The Morgan fingerprint density at radius 1 is 1.03 bits per heavy atom. The highest BCUT2D eigenvalue weighted by atomic mass is 32.2. The summed E-state index contributed by atoms with van der Waals surface area (Å²) in [6.45, 7) is 10.8. The van der Waals surface area contributed by atoms with Crippen molar-refractivity contribution in [2.75, 3.05) is 38.5 Å². The van der Waals surface area contributed by atoms with E-state index in [-0.39, 0.29) is 11.6 Å². The van der Waals surface area contributed by atoms with Gasteiger partial charge in [-0.2, -0.15) is 0 Å². The van der Waals surface area contributed by atoms with Crippen LogP contribution in [0.15, 0.2) is 34.0 Å². The maximum absolute atomic E-state index is 13.2. The number of likely N-dealkylation sites (N-methyl/N-ethyl adjacent to an activating group) is 1. The first-order chi connectivity index (χ1) is 18.4. The molecule has 0 aliphatic carbocycles. The van der Waals surface area contributed by atoms with Gasteiger partial charge in [0.1, 0.15) is 17.2 Å². The van der Waals surface area contributed by atoms with Crippen molar-refractivity contribution in [2.45, 2.75) is 95.9 Å². The zero-order valence-electron chi connectivity index (χ0n) is 23.9. The molecule has 3 rings (SSSR count). The van der Waals surface area contributed by atoms with E-state index in [1.54, 1.807) is 0 Å². The highest BCUT2D eigenvalue weighted by molar-refractivity contribution is 7.97. The Balaban J connectivity index is 1.75. The first kappa shape index (κ1) is 30.4. The lowest BCUT2D eigenvalue weighted by Crippen LogP contribution is -2.40. The summed E-state index contributed by atoms with van der Waals surface area (Å²) < 4.78 is 2.42. The van der Waals surface area contributed by atoms with E-state index in [2.05, 4.69) is 64.7 Å². The van der Waals surface area contributed by atoms with E-state index in [1.165, 1.54) is 30.6 Å². The summed E-state index contributed by atoms with van der Waals surface area (Å²) in [5.74, 6) is 1.23. The van der Waals surface area contributed by atoms with Gasteiger partial charge in [-0.25, -0.2) is 9.29 Å². The Labute approximate surface area is 233 Å². The summed E-state index contributed by atoms with van der Waals surface area (Å²) in [4.78, 5) is 24.7. The molecular formula is C30H48N6OS. The quantitative estimate of drug-likeness (QED) is 0.131. The van der Waals surface area contributed by atoms with Crippen LogP contribution in [-0.4, -0.2) is 64.2 Å². The molecule has 0 saturated carbocycles. The molecule has 1 fully saturated rings. The molecule has 1 atom stereocenters. The summed E-state index contributed by atoms with van der Waals surface area (Å²) in [7, 11) is 2.17. The largest absolute Gasteiger partial charge is 0.367 e. The van der Waals surface area contributed by atoms with Crippen molar-refractivity contribution < 1.29 is 0 Å². The Kier molecular flexibility index (Phi) is 12.8. The van der Waals surface area contributed by atoms with Gasteiger partial charge in [-0.3, -0.25) is 4.79 Å². The molecule has 8 heteroatoms. The third-order valence-corrected chi connectivity index (χ3v) is 8.25. The minimum atomic E-state index is -0.209. The summed E-state index contributed by atoms with van der Waals surface area (Å²) in [6, 6.07) is 8.85. The molecular weight excluding hydrogens is 492 g/mol. The molecule has 7 nitrogen and oxygen atoms in total. The molecule has 0 bridgehead atoms. The maximum Gasteiger partial charge on any atom is 0.262 e. The fourth-order valence-electron chi connectivity index (χ4n) is 4.90. The summed E-state index contributed by atoms with van der Waals surface area (Å²) >= 11 is 1.82. The highest BCUT2D eigenvalue weighted by Gasteiger charge is 2.19. The summed E-state index contributed by atoms with van der Waals surface area (Å²) in [6.07, 6.45) is 9.99. The van der Waals surface area contributed by atoms with Crippen LogP contribution in [0.1, 0.15) is 95.5 Å². The molecule has 1 saturated heterocycles. The average molecular weight is 541 g/mol. The van der Waals surface area contributed by atoms with Crippen LogP contribution in [0.4, 0.5) is 5.82 Å². The molecule has 0 amide bonds. The second-order valence-electron chi connectivity index (χ2n) is 10.6. The predicted molar refractivity (Wildman–Crippen MR) is 162 cm³/mol. The molecule has 2 aromatic rings. The van der Waals surface area contributed by atoms with Gasteiger partial charge >= 0.3 is 0 Å². The molecule has 2 heterocycles. The number of rotatable bonds is 16. The lowest BCUT2D eigenvalue weighted by Gasteiger charge is -2.31. The number of hydrogen-bond acceptors (Lipinski definition) is 7. The molecule has 1 unspecified atom stereocenters. The second kappa shape index (κ2) is 16.1. The number of nitrogens with zero attached hydrogens (tertiary/aromatic N) is 3. The third-order valence-electron chi connectivity index (χ3n) is 7.15. The Bertz CT molecular complexity index is 1050. The van der Waals surface area contributed by atoms with Crippen molar-refractivity contribution in [3.05, 3.63) is 51.6 Å². The topological polar surface area (TPSA) is 88.1 Å². The van der Waals surface area contributed by atoms with Crippen LogP contribution in [0.25, 0.3) is 0 Å². The zero-order valence-corrected chi connectivity index (χ0v) is 24.8. The van der Waals surface area contributed by atoms with E-state index in [0.29, 0.717) is 35.8 Å². The Morgan fingerprint density at radius 2 is 1.76 bits per heavy atom. The number of H-pyrrole nitrogens is 1. The molecule has 1 aromatic heterocycles. The summed E-state index contributed by atoms with van der Waals surface area (Å²) in [5, 5.41) is 12.2. The predicted octanol–water partition coefficient (Wildman–Crippen LogP) is 6.33. The number of anilines is 1. The standard InChI is InChI=1S/C30H48N6OS/c1-5-8-9-10-13-24(11-6-2)32-29-28(26(31)12-7-3)30(37)34-27(33-29)22-23-14-16-25(17-15-23)38-36-20-18-35(4)19-21-36/h14-17,24,31H,5-13,18-22H2,1-4H3,(H2,32,33,34,37). The molecule has 1 aliphatic rings. The number of piperazine rings is 1. The van der Waals surface area contributed by atoms with E-state index in [0.717, 1.165) is 57.4 Å². The van der Waals surface area contributed by atoms with Gasteiger partial charge < -0.3 is 20.6 Å². The molecule has 210 valence electrons. The number of aromatic amines is 1. The van der Waals surface area contributed by atoms with Crippen LogP contribution in [0.5, 0.6) is 0 Å². The van der Waals surface area contributed by atoms with Gasteiger partial charge in [0.2, 0.25) is 0 Å². The van der Waals surface area contributed by atoms with Gasteiger partial charge in [-0.05, 0) is 56.0 Å². The first-order valence-corrected chi connectivity index (χ1v) is 15.4. The number of unbranched alkanes of at least 4 members (excludes halogenated alkanes) is 3. The van der Waals surface area contributed by atoms with E-state index in [9.17, 15) is 4.79 Å². The van der Waals surface area contributed by atoms with Crippen molar-refractivity contribution in [3.63, 3.8) is 0 Å². The van der Waals surface area contributed by atoms with Gasteiger partial charge in [0.05, 0.1) is 0 Å². The van der Waals surface area contributed by atoms with Gasteiger partial charge in [0.25, 0.3) is 5.56 Å². The van der Waals surface area contributed by atoms with E-state index in [4.69, 9.17) is 10.4 Å². The van der Waals surface area contributed by atoms with Gasteiger partial charge in [-0.15, -0.1) is 0 Å². The van der Waals surface area contributed by atoms with Crippen molar-refractivity contribution in [1.29, 1.82) is 5.41 Å². The van der Waals surface area contributed by atoms with Crippen LogP contribution in [0.2, 0.25) is 0 Å². The molecule has 38 heavy (non-hydrogen) atoms. The minimum Gasteiger partial charge on any atom is -0.367 e. The van der Waals surface area contributed by atoms with Crippen LogP contribution >= 0.6 is 11.9 Å². The first-order valence-electron chi connectivity index (χ1n) is 14.6. The van der Waals surface area contributed by atoms with Crippen molar-refractivity contribution >= 4 is 23.5 Å². The minimum absolute atomic E-state index is 0.209. The molecule has 3 N–H and O–H groups in total. The van der Waals surface area contributed by atoms with E-state index < -0.39 is 0 Å². The maximum atomic E-state index is 13.2. The van der Waals surface area contributed by atoms with Crippen molar-refractivity contribution in [2.24, 2.45) is 0 Å². The molecule has 0 radical (unpaired) electrons. The van der Waals surface area contributed by atoms with Crippen LogP contribution in [0.3, 0.4) is 0 Å². The third kappa shape index (κ3) is 9.54. The molecule has 0 spiro atoms. The fraction of sp³-hybridized carbons (Fsp3) is 0.633. The molecule has 1 aromatic carbocycles. The van der Waals surface area contributed by atoms with E-state index >= 15 is 0 Å². The highest BCUT2D eigenvalue weighted by Crippen LogP contribution is 2.25. The monoisotopic (exact) mass is 540 g/mol. The number of benzene rings is 1. The number of aromatic nitrogens is 2. The summed E-state index contributed by atoms with van der Waals surface area (Å²) in [5.41, 5.74) is 1.67. The van der Waals surface area contributed by atoms with Crippen LogP contribution in [0, 0.1) is 5.41 Å². The second-order valence-corrected chi connectivity index (χ2v) is 11.8. The lowest BCUT2D eigenvalue weighted by molar-refractivity contribution is 0.233. The van der Waals surface area contributed by atoms with Gasteiger partial charge in [-0.1, -0.05) is 71.4 Å². The Hall–Kier alpha value is -2.16. The van der Waals surface area contributed by atoms with Gasteiger partial charge in [0.15, 0.2) is 0 Å². The average Bonchev–Trinajstić information content (AvgIpc) is 2.89. The van der Waals surface area contributed by atoms with Crippen LogP contribution in [-0.2, 0) is 6.42 Å². The number of hydrogen-bond donors (Lipinski definition) is 3. The van der Waals surface area contributed by atoms with Crippen LogP contribution < -0.4 is 10.9 Å². The zero-order chi connectivity index (χ0) is 27.3. The fourth-order valence-corrected chi connectivity index (χ4v) is 5.80. The van der Waals surface area contributed by atoms with Crippen molar-refractivity contribution in [1.82, 2.24) is 19.2 Å². The smallest absolute Gasteiger partial charge is 0.262 e. The number of nitrogens with one attached hydrogen (secondary N) is 3. The van der Waals surface area contributed by atoms with Gasteiger partial charge in [0, 0.05) is 49.2 Å². The SMILES string of the molecule is CCCCCCC(CCC)Nc1nc(Cc2ccc(SN3CCN(C)CC3)cc2)[nH]c(=O)c1C(=N)CCC. The normalized spacial score (nSPS) is 15.5. The lowest BCUT2D eigenvalue weighted by atomic mass is 10.0. The van der Waals surface area contributed by atoms with Crippen molar-refractivity contribution in [3.8, 4) is 0 Å². The Morgan fingerprint density at radius 3 is 2.42 bits per heavy atom. The molecule has 1 aliphatic heterocycles.